The second-order valence-electron chi connectivity index (χ2n) is 8.92. The van der Waals surface area contributed by atoms with Crippen LogP contribution in [-0.2, 0) is 9.53 Å². The molecule has 0 radical (unpaired) electrons. The Morgan fingerprint density at radius 3 is 2.30 bits per heavy atom. The first-order valence-electron chi connectivity index (χ1n) is 9.96. The van der Waals surface area contributed by atoms with Gasteiger partial charge in [0.15, 0.2) is 0 Å². The topological polar surface area (TPSA) is 95.9 Å². The van der Waals surface area contributed by atoms with Gasteiger partial charge >= 0.3 is 12.1 Å². The molecule has 164 valence electrons. The van der Waals surface area contributed by atoms with Crippen LogP contribution >= 0.6 is 0 Å². The maximum Gasteiger partial charge on any atom is 0.408 e. The molecule has 0 aromatic heterocycles. The van der Waals surface area contributed by atoms with E-state index in [0.29, 0.717) is 25.7 Å². The van der Waals surface area contributed by atoms with Crippen LogP contribution in [-0.4, -0.2) is 51.7 Å². The normalized spacial score (nSPS) is 24.3. The third-order valence-corrected chi connectivity index (χ3v) is 5.57. The van der Waals surface area contributed by atoms with Crippen molar-refractivity contribution in [2.75, 3.05) is 0 Å². The van der Waals surface area contributed by atoms with Crippen molar-refractivity contribution in [3.63, 3.8) is 0 Å². The number of aliphatic carboxylic acids is 1. The van der Waals surface area contributed by atoms with E-state index in [1.165, 1.54) is 0 Å². The van der Waals surface area contributed by atoms with E-state index in [9.17, 15) is 28.3 Å². The van der Waals surface area contributed by atoms with E-state index in [2.05, 4.69) is 5.32 Å². The zero-order valence-electron chi connectivity index (χ0n) is 17.2. The predicted molar refractivity (Wildman–Crippen MR) is 103 cm³/mol. The summed E-state index contributed by atoms with van der Waals surface area (Å²) in [6, 6.07) is 0.992. The van der Waals surface area contributed by atoms with Crippen molar-refractivity contribution in [1.29, 1.82) is 0 Å². The molecule has 1 aromatic rings. The number of benzene rings is 1. The molecule has 3 rings (SSSR count). The molecule has 0 saturated carbocycles. The van der Waals surface area contributed by atoms with Crippen LogP contribution in [0.25, 0.3) is 0 Å². The number of ether oxygens (including phenoxy) is 1. The third kappa shape index (κ3) is 4.71. The third-order valence-electron chi connectivity index (χ3n) is 5.57. The zero-order chi connectivity index (χ0) is 22.2. The number of carboxylic acids is 1. The fourth-order valence-corrected chi connectivity index (χ4v) is 4.44. The van der Waals surface area contributed by atoms with E-state index in [1.54, 1.807) is 25.7 Å². The lowest BCUT2D eigenvalue weighted by atomic mass is 9.84. The number of carbonyl (C=O) groups is 3. The Morgan fingerprint density at radius 1 is 1.17 bits per heavy atom. The average Bonchev–Trinajstić information content (AvgIpc) is 2.89. The Hall–Kier alpha value is -2.71. The molecule has 2 saturated heterocycles. The van der Waals surface area contributed by atoms with Crippen LogP contribution in [0.4, 0.5) is 13.6 Å². The van der Waals surface area contributed by atoms with Gasteiger partial charge in [0.2, 0.25) is 0 Å². The SMILES string of the molecule is CC(C)(C)OC(=O)N[C@H](C(=O)O)C1CC2CCC(C1)N2C(=O)c1cc(F)ccc1F. The van der Waals surface area contributed by atoms with Gasteiger partial charge in [0, 0.05) is 12.1 Å². The molecule has 2 fully saturated rings. The summed E-state index contributed by atoms with van der Waals surface area (Å²) in [5.41, 5.74) is -1.09. The summed E-state index contributed by atoms with van der Waals surface area (Å²) in [6.07, 6.45) is 1.14. The number of hydrogen-bond donors (Lipinski definition) is 2. The maximum atomic E-state index is 14.1. The van der Waals surface area contributed by atoms with Crippen molar-refractivity contribution in [3.8, 4) is 0 Å². The van der Waals surface area contributed by atoms with E-state index in [1.807, 2.05) is 0 Å². The number of fused-ring (bicyclic) bond motifs is 2. The minimum absolute atomic E-state index is 0.300. The highest BCUT2D eigenvalue weighted by Gasteiger charge is 2.47. The number of amides is 2. The monoisotopic (exact) mass is 424 g/mol. The van der Waals surface area contributed by atoms with E-state index in [0.717, 1.165) is 18.2 Å². The number of piperidine rings is 1. The second-order valence-corrected chi connectivity index (χ2v) is 8.92. The van der Waals surface area contributed by atoms with Gasteiger partial charge < -0.3 is 20.1 Å². The molecule has 9 heteroatoms. The maximum absolute atomic E-state index is 14.1. The minimum atomic E-state index is -1.18. The van der Waals surface area contributed by atoms with Crippen molar-refractivity contribution in [2.45, 2.75) is 70.2 Å². The number of nitrogens with zero attached hydrogens (tertiary/aromatic N) is 1. The highest BCUT2D eigenvalue weighted by molar-refractivity contribution is 5.95. The van der Waals surface area contributed by atoms with Crippen LogP contribution in [0.15, 0.2) is 18.2 Å². The fourth-order valence-electron chi connectivity index (χ4n) is 4.44. The highest BCUT2D eigenvalue weighted by atomic mass is 19.1. The van der Waals surface area contributed by atoms with Crippen molar-refractivity contribution >= 4 is 18.0 Å². The Kier molecular flexibility index (Phi) is 6.01. The molecule has 2 unspecified atom stereocenters. The average molecular weight is 424 g/mol. The van der Waals surface area contributed by atoms with Crippen molar-refractivity contribution in [3.05, 3.63) is 35.4 Å². The number of alkyl carbamates (subject to hydrolysis) is 1. The van der Waals surface area contributed by atoms with Gasteiger partial charge in [-0.2, -0.15) is 0 Å². The second kappa shape index (κ2) is 8.20. The zero-order valence-corrected chi connectivity index (χ0v) is 17.2. The molecule has 0 spiro atoms. The van der Waals surface area contributed by atoms with Crippen LogP contribution < -0.4 is 5.32 Å². The summed E-state index contributed by atoms with van der Waals surface area (Å²) < 4.78 is 32.8. The highest BCUT2D eigenvalue weighted by Crippen LogP contribution is 2.41. The van der Waals surface area contributed by atoms with Crippen LogP contribution in [0, 0.1) is 17.6 Å². The van der Waals surface area contributed by atoms with Gasteiger partial charge in [-0.3, -0.25) is 4.79 Å². The van der Waals surface area contributed by atoms with Gasteiger partial charge in [-0.15, -0.1) is 0 Å². The van der Waals surface area contributed by atoms with Crippen LogP contribution in [0.1, 0.15) is 56.8 Å². The number of hydrogen-bond acceptors (Lipinski definition) is 4. The lowest BCUT2D eigenvalue weighted by Gasteiger charge is -2.41. The smallest absolute Gasteiger partial charge is 0.408 e. The molecule has 7 nitrogen and oxygen atoms in total. The summed E-state index contributed by atoms with van der Waals surface area (Å²) in [4.78, 5) is 38.3. The lowest BCUT2D eigenvalue weighted by Crippen LogP contribution is -2.54. The predicted octanol–water partition coefficient (Wildman–Crippen LogP) is 3.33. The first kappa shape index (κ1) is 22.0. The summed E-state index contributed by atoms with van der Waals surface area (Å²) in [7, 11) is 0. The van der Waals surface area contributed by atoms with Crippen LogP contribution in [0.5, 0.6) is 0 Å². The standard InChI is InChI=1S/C21H26F2N2O5/c1-21(2,3)30-20(29)24-17(19(27)28)11-8-13-5-6-14(9-11)25(13)18(26)15-10-12(22)4-7-16(15)23/h4,7,10-11,13-14,17H,5-6,8-9H2,1-3H3,(H,24,29)(H,27,28)/t11?,13?,14?,17-/m0/s1. The minimum Gasteiger partial charge on any atom is -0.480 e. The lowest BCUT2D eigenvalue weighted by molar-refractivity contribution is -0.141. The molecule has 30 heavy (non-hydrogen) atoms. The molecule has 0 aliphatic carbocycles. The van der Waals surface area contributed by atoms with Gasteiger partial charge in [-0.25, -0.2) is 18.4 Å². The Balaban J connectivity index is 1.74. The van der Waals surface area contributed by atoms with Gasteiger partial charge in [0.1, 0.15) is 23.3 Å². The molecule has 2 aliphatic rings. The van der Waals surface area contributed by atoms with E-state index >= 15 is 0 Å². The Morgan fingerprint density at radius 2 is 1.77 bits per heavy atom. The molecule has 2 bridgehead atoms. The molecule has 1 aromatic carbocycles. The first-order valence-corrected chi connectivity index (χ1v) is 9.96. The fraction of sp³-hybridized carbons (Fsp3) is 0.571. The van der Waals surface area contributed by atoms with Gasteiger partial charge in [-0.1, -0.05) is 0 Å². The van der Waals surface area contributed by atoms with E-state index in [4.69, 9.17) is 4.74 Å². The van der Waals surface area contributed by atoms with E-state index < -0.39 is 47.2 Å². The largest absolute Gasteiger partial charge is 0.480 e. The Bertz CT molecular complexity index is 840. The quantitative estimate of drug-likeness (QED) is 0.773. The molecule has 3 atom stereocenters. The van der Waals surface area contributed by atoms with Gasteiger partial charge in [0.05, 0.1) is 5.56 Å². The Labute approximate surface area is 173 Å². The molecule has 2 N–H and O–H groups in total. The molecular formula is C21H26F2N2O5. The number of rotatable bonds is 4. The first-order chi connectivity index (χ1) is 14.0. The summed E-state index contributed by atoms with van der Waals surface area (Å²) in [5.74, 6) is -3.67. The van der Waals surface area contributed by atoms with Crippen molar-refractivity contribution < 1.29 is 33.0 Å². The van der Waals surface area contributed by atoms with Crippen LogP contribution in [0.3, 0.4) is 0 Å². The van der Waals surface area contributed by atoms with Gasteiger partial charge in [0.25, 0.3) is 5.91 Å². The molecule has 2 aliphatic heterocycles. The number of carbonyl (C=O) groups excluding carboxylic acids is 2. The number of nitrogens with one attached hydrogen (secondary N) is 1. The summed E-state index contributed by atoms with van der Waals surface area (Å²) in [5, 5.41) is 12.1. The van der Waals surface area contributed by atoms with Gasteiger partial charge in [-0.05, 0) is 70.6 Å². The van der Waals surface area contributed by atoms with Crippen molar-refractivity contribution in [1.82, 2.24) is 10.2 Å². The molecular weight excluding hydrogens is 398 g/mol. The molecule has 2 heterocycles. The van der Waals surface area contributed by atoms with Crippen LogP contribution in [0.2, 0.25) is 0 Å². The van der Waals surface area contributed by atoms with Crippen molar-refractivity contribution in [2.24, 2.45) is 5.92 Å². The summed E-state index contributed by atoms with van der Waals surface area (Å²) in [6.45, 7) is 5.04. The molecule has 2 amide bonds. The summed E-state index contributed by atoms with van der Waals surface area (Å²) >= 11 is 0. The van der Waals surface area contributed by atoms with E-state index in [-0.39, 0.29) is 17.6 Å². The number of halogens is 2. The number of carboxylic acid groups (broad SMARTS) is 1.